The van der Waals surface area contributed by atoms with E-state index < -0.39 is 12.1 Å². The second-order valence-electron chi connectivity index (χ2n) is 2.15. The predicted octanol–water partition coefficient (Wildman–Crippen LogP) is 4.04. The Morgan fingerprint density at radius 3 is 2.38 bits per heavy atom. The van der Waals surface area contributed by atoms with Gasteiger partial charge in [0.15, 0.2) is 0 Å². The summed E-state index contributed by atoms with van der Waals surface area (Å²) in [6.07, 6.45) is -0.0266. The predicted molar refractivity (Wildman–Crippen MR) is 52.8 cm³/mol. The number of alkyl halides is 1. The van der Waals surface area contributed by atoms with Crippen molar-refractivity contribution in [3.05, 3.63) is 28.2 Å². The fourth-order valence-electron chi connectivity index (χ4n) is 0.717. The third-order valence-corrected chi connectivity index (χ3v) is 1.70. The summed E-state index contributed by atoms with van der Waals surface area (Å²) < 4.78 is 25.8. The Hall–Kier alpha value is -0.510. The molecule has 0 aliphatic rings. The van der Waals surface area contributed by atoms with E-state index in [1.807, 2.05) is 13.8 Å². The van der Waals surface area contributed by atoms with Crippen molar-refractivity contribution in [1.29, 1.82) is 0 Å². The highest BCUT2D eigenvalue weighted by molar-refractivity contribution is 9.10. The minimum absolute atomic E-state index is 0.0145. The van der Waals surface area contributed by atoms with E-state index in [9.17, 15) is 8.78 Å². The van der Waals surface area contributed by atoms with E-state index in [0.717, 1.165) is 0 Å². The van der Waals surface area contributed by atoms with Gasteiger partial charge in [-0.15, -0.1) is 0 Å². The second kappa shape index (κ2) is 6.02. The van der Waals surface area contributed by atoms with E-state index in [1.165, 1.54) is 19.2 Å². The molecule has 1 unspecified atom stereocenters. The van der Waals surface area contributed by atoms with Gasteiger partial charge in [0.2, 0.25) is 5.95 Å². The first-order valence-corrected chi connectivity index (χ1v) is 4.85. The zero-order chi connectivity index (χ0) is 10.4. The van der Waals surface area contributed by atoms with E-state index in [4.69, 9.17) is 0 Å². The highest BCUT2D eigenvalue weighted by Crippen LogP contribution is 2.21. The maximum Gasteiger partial charge on any atom is 0.219 e. The number of aromatic nitrogens is 1. The average Bonchev–Trinajstić information content (AvgIpc) is 2.12. The van der Waals surface area contributed by atoms with Crippen molar-refractivity contribution in [3.63, 3.8) is 0 Å². The average molecular weight is 252 g/mol. The molecule has 0 amide bonds. The van der Waals surface area contributed by atoms with E-state index in [0.29, 0.717) is 4.47 Å². The Morgan fingerprint density at radius 2 is 2.00 bits per heavy atom. The molecule has 0 aliphatic heterocycles. The van der Waals surface area contributed by atoms with Gasteiger partial charge in [0.25, 0.3) is 0 Å². The molecule has 1 nitrogen and oxygen atoms in total. The van der Waals surface area contributed by atoms with Gasteiger partial charge in [-0.25, -0.2) is 9.37 Å². The van der Waals surface area contributed by atoms with E-state index in [-0.39, 0.29) is 5.56 Å². The minimum atomic E-state index is -1.32. The first-order valence-electron chi connectivity index (χ1n) is 4.06. The van der Waals surface area contributed by atoms with Crippen molar-refractivity contribution in [2.75, 3.05) is 0 Å². The van der Waals surface area contributed by atoms with Crippen LogP contribution in [0.1, 0.15) is 32.5 Å². The Bertz CT molecular complexity index is 264. The number of nitrogens with zero attached hydrogens (tertiary/aromatic N) is 1. The standard InChI is InChI=1S/C7H6BrF2N.C2H6/c1-4(9)6-2-5(8)3-11-7(6)10;1-2/h2-4H,1H3;1-2H3. The van der Waals surface area contributed by atoms with Crippen LogP contribution in [0, 0.1) is 5.95 Å². The Morgan fingerprint density at radius 1 is 1.46 bits per heavy atom. The highest BCUT2D eigenvalue weighted by Gasteiger charge is 2.10. The summed E-state index contributed by atoms with van der Waals surface area (Å²) in [6, 6.07) is 1.38. The van der Waals surface area contributed by atoms with E-state index in [1.54, 1.807) is 0 Å². The molecular formula is C9H12BrF2N. The van der Waals surface area contributed by atoms with Crippen LogP contribution < -0.4 is 0 Å². The lowest BCUT2D eigenvalue weighted by Crippen LogP contribution is -1.94. The molecule has 0 saturated carbocycles. The Labute approximate surface area is 85.3 Å². The van der Waals surface area contributed by atoms with Gasteiger partial charge in [-0.2, -0.15) is 4.39 Å². The van der Waals surface area contributed by atoms with Gasteiger partial charge in [-0.3, -0.25) is 0 Å². The normalized spacial score (nSPS) is 11.5. The molecule has 0 fully saturated rings. The molecule has 1 rings (SSSR count). The Balaban J connectivity index is 0.000000671. The molecular weight excluding hydrogens is 240 g/mol. The number of pyridine rings is 1. The van der Waals surface area contributed by atoms with Crippen molar-refractivity contribution in [2.45, 2.75) is 26.9 Å². The molecule has 1 aromatic rings. The fourth-order valence-corrected chi connectivity index (χ4v) is 1.07. The van der Waals surface area contributed by atoms with Crippen LogP contribution in [-0.4, -0.2) is 4.98 Å². The Kier molecular flexibility index (Phi) is 5.79. The number of hydrogen-bond acceptors (Lipinski definition) is 1. The lowest BCUT2D eigenvalue weighted by molar-refractivity contribution is 0.357. The summed E-state index contributed by atoms with van der Waals surface area (Å²) >= 11 is 3.07. The van der Waals surface area contributed by atoms with Crippen molar-refractivity contribution < 1.29 is 8.78 Å². The molecule has 0 spiro atoms. The molecule has 0 bridgehead atoms. The fraction of sp³-hybridized carbons (Fsp3) is 0.444. The van der Waals surface area contributed by atoms with Gasteiger partial charge < -0.3 is 0 Å². The summed E-state index contributed by atoms with van der Waals surface area (Å²) in [6.45, 7) is 5.27. The lowest BCUT2D eigenvalue weighted by atomic mass is 10.2. The molecule has 0 aliphatic carbocycles. The first-order chi connectivity index (χ1) is 6.11. The molecule has 0 aromatic carbocycles. The number of rotatable bonds is 1. The summed E-state index contributed by atoms with van der Waals surface area (Å²) in [7, 11) is 0. The van der Waals surface area contributed by atoms with Gasteiger partial charge in [-0.05, 0) is 28.9 Å². The van der Waals surface area contributed by atoms with E-state index >= 15 is 0 Å². The molecule has 0 radical (unpaired) electrons. The van der Waals surface area contributed by atoms with Crippen LogP contribution in [-0.2, 0) is 0 Å². The van der Waals surface area contributed by atoms with Gasteiger partial charge in [0.05, 0.1) is 0 Å². The maximum absolute atomic E-state index is 12.6. The monoisotopic (exact) mass is 251 g/mol. The minimum Gasteiger partial charge on any atom is -0.242 e. The molecule has 74 valence electrons. The van der Waals surface area contributed by atoms with Crippen LogP contribution >= 0.6 is 15.9 Å². The zero-order valence-electron chi connectivity index (χ0n) is 7.81. The SMILES string of the molecule is CC.CC(F)c1cc(Br)cnc1F. The second-order valence-corrected chi connectivity index (χ2v) is 3.07. The summed E-state index contributed by atoms with van der Waals surface area (Å²) in [5.41, 5.74) is -0.0145. The molecule has 13 heavy (non-hydrogen) atoms. The highest BCUT2D eigenvalue weighted by atomic mass is 79.9. The van der Waals surface area contributed by atoms with Crippen LogP contribution in [0.5, 0.6) is 0 Å². The smallest absolute Gasteiger partial charge is 0.219 e. The van der Waals surface area contributed by atoms with Gasteiger partial charge >= 0.3 is 0 Å². The summed E-state index contributed by atoms with van der Waals surface area (Å²) in [5, 5.41) is 0. The van der Waals surface area contributed by atoms with Crippen LogP contribution in [0.4, 0.5) is 8.78 Å². The molecule has 0 N–H and O–H groups in total. The maximum atomic E-state index is 12.6. The zero-order valence-corrected chi connectivity index (χ0v) is 9.40. The van der Waals surface area contributed by atoms with Gasteiger partial charge in [0.1, 0.15) is 6.17 Å². The van der Waals surface area contributed by atoms with Crippen LogP contribution in [0.15, 0.2) is 16.7 Å². The van der Waals surface area contributed by atoms with Crippen molar-refractivity contribution in [3.8, 4) is 0 Å². The molecule has 1 atom stereocenters. The van der Waals surface area contributed by atoms with E-state index in [2.05, 4.69) is 20.9 Å². The van der Waals surface area contributed by atoms with Crippen LogP contribution in [0.25, 0.3) is 0 Å². The van der Waals surface area contributed by atoms with Crippen molar-refractivity contribution in [1.82, 2.24) is 4.98 Å². The molecule has 0 saturated heterocycles. The lowest BCUT2D eigenvalue weighted by Gasteiger charge is -2.02. The summed E-state index contributed by atoms with van der Waals surface area (Å²) in [4.78, 5) is 3.35. The topological polar surface area (TPSA) is 12.9 Å². The first kappa shape index (κ1) is 12.5. The van der Waals surface area contributed by atoms with Gasteiger partial charge in [-0.1, -0.05) is 13.8 Å². The number of hydrogen-bond donors (Lipinski definition) is 0. The van der Waals surface area contributed by atoms with Crippen LogP contribution in [0.3, 0.4) is 0 Å². The molecule has 4 heteroatoms. The molecule has 1 aromatic heterocycles. The third-order valence-electron chi connectivity index (χ3n) is 1.26. The van der Waals surface area contributed by atoms with Crippen molar-refractivity contribution >= 4 is 15.9 Å². The third kappa shape index (κ3) is 3.81. The van der Waals surface area contributed by atoms with Crippen molar-refractivity contribution in [2.24, 2.45) is 0 Å². The summed E-state index contributed by atoms with van der Waals surface area (Å²) in [5.74, 6) is -0.747. The molecule has 1 heterocycles. The number of halogens is 3. The van der Waals surface area contributed by atoms with Gasteiger partial charge in [0, 0.05) is 16.2 Å². The van der Waals surface area contributed by atoms with Crippen LogP contribution in [0.2, 0.25) is 0 Å². The quantitative estimate of drug-likeness (QED) is 0.687. The largest absolute Gasteiger partial charge is 0.242 e.